The number of aromatic nitrogens is 8. The van der Waals surface area contributed by atoms with Crippen LogP contribution in [0.3, 0.4) is 0 Å². The summed E-state index contributed by atoms with van der Waals surface area (Å²) in [6.45, 7) is 0. The molecule has 0 N–H and O–H groups in total. The third-order valence-electron chi connectivity index (χ3n) is 23.5. The average Bonchev–Trinajstić information content (AvgIpc) is 0.998. The van der Waals surface area contributed by atoms with E-state index in [0.29, 0.717) is 0 Å². The molecule has 6 aromatic heterocycles. The fourth-order valence-electron chi connectivity index (χ4n) is 18.0. The topological polar surface area (TPSA) is 87.2 Å². The van der Waals surface area contributed by atoms with Crippen LogP contribution in [0, 0.1) is 0 Å². The second-order valence-corrected chi connectivity index (χ2v) is 30.4. The normalized spacial score (nSPS) is 11.7. The second kappa shape index (κ2) is 28.0. The Bertz CT molecular complexity index is 8090. The minimum absolute atomic E-state index is 0.900. The Labute approximate surface area is 678 Å². The third kappa shape index (κ3) is 11.5. The highest BCUT2D eigenvalue weighted by Gasteiger charge is 2.24. The fraction of sp³-hybridized carbons (Fsp3) is 0. The van der Waals surface area contributed by atoms with E-state index in [0.717, 1.165) is 160 Å². The summed E-state index contributed by atoms with van der Waals surface area (Å²) < 4.78 is 4.50. The van der Waals surface area contributed by atoms with Crippen LogP contribution in [0.5, 0.6) is 0 Å². The summed E-state index contributed by atoms with van der Waals surface area (Å²) in [5.74, 6) is 1.85. The lowest BCUT2D eigenvalue weighted by molar-refractivity contribution is 1.10. The number of rotatable bonds is 10. The first kappa shape index (κ1) is 67.8. The fourth-order valence-corrected chi connectivity index (χ4v) is 18.0. The van der Waals surface area contributed by atoms with Crippen molar-refractivity contribution in [3.05, 3.63) is 413 Å². The maximum Gasteiger partial charge on any atom is 0.145 e. The highest BCUT2D eigenvalue weighted by atomic mass is 15.1. The molecule has 0 bridgehead atoms. The van der Waals surface area contributed by atoms with Gasteiger partial charge in [-0.25, -0.2) is 29.9 Å². The molecule has 548 valence electrons. The van der Waals surface area contributed by atoms with Crippen LogP contribution in [0.25, 0.3) is 232 Å². The van der Waals surface area contributed by atoms with Crippen molar-refractivity contribution >= 4 is 131 Å². The number of nitrogens with zero attached hydrogens (tertiary/aromatic N) is 8. The van der Waals surface area contributed by atoms with Crippen LogP contribution < -0.4 is 0 Å². The molecule has 118 heavy (non-hydrogen) atoms. The van der Waals surface area contributed by atoms with Crippen molar-refractivity contribution < 1.29 is 0 Å². The summed E-state index contributed by atoms with van der Waals surface area (Å²) in [6.07, 6.45) is 0. The molecule has 8 heteroatoms. The van der Waals surface area contributed by atoms with Crippen molar-refractivity contribution in [3.63, 3.8) is 0 Å². The van der Waals surface area contributed by atoms with Crippen LogP contribution in [0.2, 0.25) is 0 Å². The zero-order chi connectivity index (χ0) is 77.7. The van der Waals surface area contributed by atoms with E-state index in [2.05, 4.69) is 403 Å². The smallest absolute Gasteiger partial charge is 0.145 e. The molecule has 0 atom stereocenters. The van der Waals surface area contributed by atoms with Crippen LogP contribution in [-0.4, -0.2) is 39.0 Å². The first-order valence-corrected chi connectivity index (χ1v) is 40.0. The van der Waals surface area contributed by atoms with Gasteiger partial charge in [0.15, 0.2) is 0 Å². The summed E-state index contributed by atoms with van der Waals surface area (Å²) >= 11 is 0. The lowest BCUT2D eigenvalue weighted by atomic mass is 9.87. The minimum atomic E-state index is 0.900. The zero-order valence-corrected chi connectivity index (χ0v) is 63.8. The van der Waals surface area contributed by atoms with Crippen molar-refractivity contribution in [3.8, 4) is 101 Å². The first-order chi connectivity index (χ1) is 58.5. The number of hydrogen-bond donors (Lipinski definition) is 0. The predicted octanol–water partition coefficient (Wildman–Crippen LogP) is 28.5. The highest BCUT2D eigenvalue weighted by molar-refractivity contribution is 6.23. The van der Waals surface area contributed by atoms with Crippen LogP contribution in [0.1, 0.15) is 0 Å². The van der Waals surface area contributed by atoms with Crippen LogP contribution in [0.4, 0.5) is 0 Å². The Morgan fingerprint density at radius 1 is 0.161 bits per heavy atom. The molecule has 0 unspecified atom stereocenters. The largest absolute Gasteiger partial charge is 0.292 e. The van der Waals surface area contributed by atoms with Gasteiger partial charge in [0.2, 0.25) is 0 Å². The monoisotopic (exact) mass is 1500 g/mol. The third-order valence-corrected chi connectivity index (χ3v) is 23.5. The highest BCUT2D eigenvalue weighted by Crippen LogP contribution is 2.47. The molecule has 8 nitrogen and oxygen atoms in total. The molecule has 0 amide bonds. The number of hydrogen-bond acceptors (Lipinski definition) is 6. The maximum absolute atomic E-state index is 5.54. The van der Waals surface area contributed by atoms with Gasteiger partial charge in [0.25, 0.3) is 0 Å². The maximum atomic E-state index is 5.54. The van der Waals surface area contributed by atoms with E-state index in [1.165, 1.54) is 71.3 Å². The molecule has 0 radical (unpaired) electrons. The summed E-state index contributed by atoms with van der Waals surface area (Å²) in [4.78, 5) is 31.6. The van der Waals surface area contributed by atoms with E-state index in [-0.39, 0.29) is 0 Å². The molecule has 0 spiro atoms. The molecule has 0 aliphatic heterocycles. The lowest BCUT2D eigenvalue weighted by Crippen LogP contribution is -1.97. The van der Waals surface area contributed by atoms with E-state index in [9.17, 15) is 0 Å². The van der Waals surface area contributed by atoms with Crippen molar-refractivity contribution in [2.24, 2.45) is 0 Å². The molecule has 24 rings (SSSR count). The summed E-state index contributed by atoms with van der Waals surface area (Å²) in [6, 6.07) is 146. The van der Waals surface area contributed by atoms with Crippen molar-refractivity contribution in [1.29, 1.82) is 0 Å². The molecule has 0 saturated carbocycles. The summed E-state index contributed by atoms with van der Waals surface area (Å²) in [5.41, 5.74) is 27.5. The molecule has 0 saturated heterocycles. The van der Waals surface area contributed by atoms with Gasteiger partial charge < -0.3 is 0 Å². The van der Waals surface area contributed by atoms with Gasteiger partial charge in [0, 0.05) is 77.1 Å². The average molecular weight is 1500 g/mol. The molecular formula is C110H68N8. The standard InChI is InChI=1S/2C55H34N4/c1-3-15-35(16-4-1)51-44-23-11-12-24-46(44)56-54-45(51)33-31-37-32-34-48(57-53(37)54)52-42-21-9-7-19-40(42)50(41-20-8-10-22-43(41)52)36-27-29-38(30-28-36)55-58-47-25-13-14-26-49(47)59(55)39-17-5-2-6-18-39;1-3-11-36(12-4-1)52-46-15-7-8-16-49(46)57-54-47(52)29-27-37-28-30-48(56-53(37)54)42-26-25-41-32-43-31-39(23-24-40(43)33-44(41)34-42)35-19-21-38(22-20-35)55-58-50-17-9-10-18-51(50)59(55)45-13-5-2-6-14-45/h2*1-34H. The van der Waals surface area contributed by atoms with Crippen molar-refractivity contribution in [2.75, 3.05) is 0 Å². The van der Waals surface area contributed by atoms with Crippen molar-refractivity contribution in [1.82, 2.24) is 39.0 Å². The van der Waals surface area contributed by atoms with Crippen LogP contribution in [0.15, 0.2) is 413 Å². The zero-order valence-electron chi connectivity index (χ0n) is 63.8. The molecule has 6 heterocycles. The molecule has 0 aliphatic carbocycles. The number of para-hydroxylation sites is 8. The predicted molar refractivity (Wildman–Crippen MR) is 492 cm³/mol. The van der Waals surface area contributed by atoms with Gasteiger partial charge in [0.1, 0.15) is 11.6 Å². The summed E-state index contributed by atoms with van der Waals surface area (Å²) in [5, 5.41) is 16.1. The van der Waals surface area contributed by atoms with Gasteiger partial charge >= 0.3 is 0 Å². The first-order valence-electron chi connectivity index (χ1n) is 40.0. The van der Waals surface area contributed by atoms with Crippen LogP contribution in [-0.2, 0) is 0 Å². The Kier molecular flexibility index (Phi) is 16.1. The Morgan fingerprint density at radius 3 is 0.975 bits per heavy atom. The minimum Gasteiger partial charge on any atom is -0.292 e. The number of fused-ring (bicyclic) bond motifs is 14. The molecule has 24 aromatic rings. The quantitative estimate of drug-likeness (QED) is 0.100. The molecule has 0 aliphatic rings. The van der Waals surface area contributed by atoms with E-state index in [1.807, 2.05) is 18.2 Å². The second-order valence-electron chi connectivity index (χ2n) is 30.4. The van der Waals surface area contributed by atoms with E-state index < -0.39 is 0 Å². The van der Waals surface area contributed by atoms with E-state index in [1.54, 1.807) is 0 Å². The molecule has 0 fully saturated rings. The number of benzene rings is 18. The molecule has 18 aromatic carbocycles. The molecular weight excluding hydrogens is 1430 g/mol. The van der Waals surface area contributed by atoms with Gasteiger partial charge in [-0.1, -0.05) is 315 Å². The Morgan fingerprint density at radius 2 is 0.492 bits per heavy atom. The number of pyridine rings is 4. The van der Waals surface area contributed by atoms with Gasteiger partial charge in [-0.05, 0) is 174 Å². The van der Waals surface area contributed by atoms with Gasteiger partial charge in [0.05, 0.1) is 66.6 Å². The Hall–Kier alpha value is -15.9. The number of imidazole rings is 2. The van der Waals surface area contributed by atoms with Crippen LogP contribution >= 0.6 is 0 Å². The van der Waals surface area contributed by atoms with Gasteiger partial charge in [-0.2, -0.15) is 0 Å². The lowest BCUT2D eigenvalue weighted by Gasteiger charge is -2.18. The van der Waals surface area contributed by atoms with E-state index in [4.69, 9.17) is 29.9 Å². The van der Waals surface area contributed by atoms with E-state index >= 15 is 0 Å². The SMILES string of the molecule is c1ccc(-c2c3ccccc3nc3c2ccc2ccc(-c4c5ccccc5c(-c5ccc(-c6nc7ccccc7n6-c6ccccc6)cc5)c5ccccc45)nc23)cc1.c1ccc(-c2c3ccccc3nc3c2ccc2ccc(-c4ccc5cc6cc(-c7ccc(-c8nc9ccccc9n8-c8ccccc8)cc7)ccc6cc5c4)nc23)cc1. The Balaban J connectivity index is 0.000000138. The van der Waals surface area contributed by atoms with Crippen molar-refractivity contribution in [2.45, 2.75) is 0 Å². The van der Waals surface area contributed by atoms with Gasteiger partial charge in [-0.15, -0.1) is 0 Å². The summed E-state index contributed by atoms with van der Waals surface area (Å²) in [7, 11) is 0. The van der Waals surface area contributed by atoms with Gasteiger partial charge in [-0.3, -0.25) is 9.13 Å².